The van der Waals surface area contributed by atoms with E-state index in [2.05, 4.69) is 5.32 Å². The van der Waals surface area contributed by atoms with Gasteiger partial charge in [0.05, 0.1) is 25.4 Å². The first kappa shape index (κ1) is 16.0. The summed E-state index contributed by atoms with van der Waals surface area (Å²) in [4.78, 5) is 24.8. The smallest absolute Gasteiger partial charge is 0.312 e. The number of nitrogens with zero attached hydrogens (tertiary/aromatic N) is 1. The topological polar surface area (TPSA) is 105 Å². The standard InChI is InChI=1S/C14H25N3O4/c15-14(20)16-6-5-13(19)17-7-8-21-9-11(17)10-3-1-2-4-12(10)18/h10-12,18H,1-9H2,(H3,15,16,20). The van der Waals surface area contributed by atoms with Crippen molar-refractivity contribution < 1.29 is 19.4 Å². The summed E-state index contributed by atoms with van der Waals surface area (Å²) in [6.07, 6.45) is 3.72. The maximum Gasteiger partial charge on any atom is 0.312 e. The number of carbonyl (C=O) groups is 2. The Labute approximate surface area is 124 Å². The van der Waals surface area contributed by atoms with Gasteiger partial charge in [-0.3, -0.25) is 4.79 Å². The summed E-state index contributed by atoms with van der Waals surface area (Å²) in [7, 11) is 0. The third-order valence-electron chi connectivity index (χ3n) is 4.40. The molecule has 0 aromatic carbocycles. The molecule has 7 nitrogen and oxygen atoms in total. The van der Waals surface area contributed by atoms with Gasteiger partial charge >= 0.3 is 6.03 Å². The Morgan fingerprint density at radius 3 is 2.81 bits per heavy atom. The molecule has 4 N–H and O–H groups in total. The Kier molecular flexibility index (Phi) is 5.81. The van der Waals surface area contributed by atoms with Gasteiger partial charge in [0.15, 0.2) is 0 Å². The number of nitrogens with one attached hydrogen (secondary N) is 1. The fourth-order valence-corrected chi connectivity index (χ4v) is 3.31. The number of urea groups is 1. The van der Waals surface area contributed by atoms with Gasteiger partial charge in [0.25, 0.3) is 0 Å². The van der Waals surface area contributed by atoms with Gasteiger partial charge in [-0.1, -0.05) is 12.8 Å². The van der Waals surface area contributed by atoms with Crippen LogP contribution >= 0.6 is 0 Å². The van der Waals surface area contributed by atoms with E-state index in [-0.39, 0.29) is 36.9 Å². The molecule has 2 rings (SSSR count). The maximum atomic E-state index is 12.3. The second-order valence-corrected chi connectivity index (χ2v) is 5.79. The molecule has 3 unspecified atom stereocenters. The lowest BCUT2D eigenvalue weighted by Gasteiger charge is -2.43. The average molecular weight is 299 g/mol. The van der Waals surface area contributed by atoms with Crippen LogP contribution in [0.2, 0.25) is 0 Å². The first-order valence-electron chi connectivity index (χ1n) is 7.68. The second-order valence-electron chi connectivity index (χ2n) is 5.79. The van der Waals surface area contributed by atoms with Crippen molar-refractivity contribution >= 4 is 11.9 Å². The molecule has 0 radical (unpaired) electrons. The molecule has 1 saturated carbocycles. The molecular formula is C14H25N3O4. The third kappa shape index (κ3) is 4.31. The van der Waals surface area contributed by atoms with Gasteiger partial charge in [0.2, 0.25) is 5.91 Å². The highest BCUT2D eigenvalue weighted by Gasteiger charge is 2.37. The van der Waals surface area contributed by atoms with E-state index >= 15 is 0 Å². The Morgan fingerprint density at radius 1 is 1.33 bits per heavy atom. The molecule has 3 atom stereocenters. The Hall–Kier alpha value is -1.34. The van der Waals surface area contributed by atoms with Crippen molar-refractivity contribution in [1.82, 2.24) is 10.2 Å². The molecule has 1 heterocycles. The molecule has 0 aromatic heterocycles. The van der Waals surface area contributed by atoms with Crippen LogP contribution in [0, 0.1) is 5.92 Å². The van der Waals surface area contributed by atoms with Gasteiger partial charge in [-0.15, -0.1) is 0 Å². The lowest BCUT2D eigenvalue weighted by molar-refractivity contribution is -0.145. The molecule has 7 heteroatoms. The van der Waals surface area contributed by atoms with E-state index in [9.17, 15) is 14.7 Å². The van der Waals surface area contributed by atoms with Crippen LogP contribution in [-0.2, 0) is 9.53 Å². The summed E-state index contributed by atoms with van der Waals surface area (Å²) in [5.74, 6) is 0.0712. The van der Waals surface area contributed by atoms with Gasteiger partial charge in [-0.2, -0.15) is 0 Å². The Balaban J connectivity index is 1.94. The zero-order chi connectivity index (χ0) is 15.2. The summed E-state index contributed by atoms with van der Waals surface area (Å²) >= 11 is 0. The monoisotopic (exact) mass is 299 g/mol. The number of carbonyl (C=O) groups excluding carboxylic acids is 2. The van der Waals surface area contributed by atoms with E-state index in [0.29, 0.717) is 19.8 Å². The van der Waals surface area contributed by atoms with Crippen molar-refractivity contribution in [2.75, 3.05) is 26.3 Å². The van der Waals surface area contributed by atoms with Gasteiger partial charge < -0.3 is 25.8 Å². The predicted molar refractivity (Wildman–Crippen MR) is 76.5 cm³/mol. The highest BCUT2D eigenvalue weighted by molar-refractivity contribution is 5.78. The second kappa shape index (κ2) is 7.61. The normalized spacial score (nSPS) is 30.0. The van der Waals surface area contributed by atoms with Crippen LogP contribution in [0.1, 0.15) is 32.1 Å². The van der Waals surface area contributed by atoms with Crippen LogP contribution < -0.4 is 11.1 Å². The number of nitrogens with two attached hydrogens (primary N) is 1. The average Bonchev–Trinajstić information content (AvgIpc) is 2.47. The number of ether oxygens (including phenoxy) is 1. The van der Waals surface area contributed by atoms with Gasteiger partial charge in [-0.25, -0.2) is 4.79 Å². The van der Waals surface area contributed by atoms with Crippen LogP contribution in [-0.4, -0.2) is 60.4 Å². The molecule has 0 bridgehead atoms. The predicted octanol–water partition coefficient (Wildman–Crippen LogP) is -0.177. The van der Waals surface area contributed by atoms with Crippen molar-refractivity contribution in [3.05, 3.63) is 0 Å². The van der Waals surface area contributed by atoms with Crippen molar-refractivity contribution in [1.29, 1.82) is 0 Å². The summed E-state index contributed by atoms with van der Waals surface area (Å²) in [5, 5.41) is 12.6. The van der Waals surface area contributed by atoms with E-state index in [1.807, 2.05) is 4.90 Å². The lowest BCUT2D eigenvalue weighted by atomic mass is 9.80. The van der Waals surface area contributed by atoms with Crippen LogP contribution in [0.4, 0.5) is 4.79 Å². The molecule has 3 amide bonds. The van der Waals surface area contributed by atoms with E-state index in [4.69, 9.17) is 10.5 Å². The van der Waals surface area contributed by atoms with E-state index in [1.165, 1.54) is 0 Å². The number of hydrogen-bond donors (Lipinski definition) is 3. The third-order valence-corrected chi connectivity index (χ3v) is 4.40. The van der Waals surface area contributed by atoms with E-state index in [1.54, 1.807) is 0 Å². The molecule has 0 spiro atoms. The number of hydrogen-bond acceptors (Lipinski definition) is 4. The van der Waals surface area contributed by atoms with Crippen molar-refractivity contribution in [2.24, 2.45) is 11.7 Å². The quantitative estimate of drug-likeness (QED) is 0.670. The van der Waals surface area contributed by atoms with Gasteiger partial charge in [-0.05, 0) is 12.8 Å². The molecule has 1 aliphatic carbocycles. The van der Waals surface area contributed by atoms with Crippen LogP contribution in [0.3, 0.4) is 0 Å². The molecule has 1 aliphatic heterocycles. The summed E-state index contributed by atoms with van der Waals surface area (Å²) in [6, 6.07) is -0.681. The first-order chi connectivity index (χ1) is 10.1. The summed E-state index contributed by atoms with van der Waals surface area (Å²) < 4.78 is 5.51. The highest BCUT2D eigenvalue weighted by Crippen LogP contribution is 2.31. The van der Waals surface area contributed by atoms with Crippen LogP contribution in [0.5, 0.6) is 0 Å². The molecule has 2 aliphatic rings. The van der Waals surface area contributed by atoms with Gasteiger partial charge in [0.1, 0.15) is 0 Å². The van der Waals surface area contributed by atoms with Crippen molar-refractivity contribution in [2.45, 2.75) is 44.2 Å². The molecule has 2 fully saturated rings. The zero-order valence-corrected chi connectivity index (χ0v) is 12.3. The van der Waals surface area contributed by atoms with Crippen LogP contribution in [0.25, 0.3) is 0 Å². The fourth-order valence-electron chi connectivity index (χ4n) is 3.31. The summed E-state index contributed by atoms with van der Waals surface area (Å²) in [6.45, 7) is 1.79. The molecule has 21 heavy (non-hydrogen) atoms. The van der Waals surface area contributed by atoms with E-state index in [0.717, 1.165) is 25.7 Å². The molecule has 1 saturated heterocycles. The van der Waals surface area contributed by atoms with Crippen molar-refractivity contribution in [3.8, 4) is 0 Å². The fraction of sp³-hybridized carbons (Fsp3) is 0.857. The number of amides is 3. The lowest BCUT2D eigenvalue weighted by Crippen LogP contribution is -2.55. The number of aliphatic hydroxyl groups excluding tert-OH is 1. The molecule has 120 valence electrons. The summed E-state index contributed by atoms with van der Waals surface area (Å²) in [5.41, 5.74) is 4.99. The minimum Gasteiger partial charge on any atom is -0.393 e. The molecular weight excluding hydrogens is 274 g/mol. The number of primary amides is 1. The number of aliphatic hydroxyl groups is 1. The SMILES string of the molecule is NC(=O)NCCC(=O)N1CCOCC1C1CCCCC1O. The number of rotatable bonds is 4. The first-order valence-corrected chi connectivity index (χ1v) is 7.68. The minimum absolute atomic E-state index is 0.0187. The molecule has 0 aromatic rings. The van der Waals surface area contributed by atoms with Gasteiger partial charge in [0, 0.05) is 25.4 Å². The Bertz CT molecular complexity index is 377. The van der Waals surface area contributed by atoms with Crippen LogP contribution in [0.15, 0.2) is 0 Å². The Morgan fingerprint density at radius 2 is 2.10 bits per heavy atom. The number of morpholine rings is 1. The maximum absolute atomic E-state index is 12.3. The van der Waals surface area contributed by atoms with Crippen molar-refractivity contribution in [3.63, 3.8) is 0 Å². The highest BCUT2D eigenvalue weighted by atomic mass is 16.5. The van der Waals surface area contributed by atoms with E-state index < -0.39 is 6.03 Å². The zero-order valence-electron chi connectivity index (χ0n) is 12.3. The minimum atomic E-state index is -0.621. The largest absolute Gasteiger partial charge is 0.393 e.